The average Bonchev–Trinajstić information content (AvgIpc) is 2.45. The van der Waals surface area contributed by atoms with Crippen LogP contribution < -0.4 is 5.32 Å². The largest absolute Gasteiger partial charge is 0.374 e. The van der Waals surface area contributed by atoms with Gasteiger partial charge in [0.05, 0.1) is 19.3 Å². The van der Waals surface area contributed by atoms with Crippen molar-refractivity contribution in [1.29, 1.82) is 0 Å². The number of amides is 3. The van der Waals surface area contributed by atoms with E-state index >= 15 is 0 Å². The van der Waals surface area contributed by atoms with Gasteiger partial charge >= 0.3 is 6.03 Å². The Morgan fingerprint density at radius 1 is 1.53 bits per heavy atom. The Morgan fingerprint density at radius 2 is 2.33 bits per heavy atom. The van der Waals surface area contributed by atoms with E-state index in [-0.39, 0.29) is 24.6 Å². The maximum Gasteiger partial charge on any atom is 0.324 e. The third-order valence-corrected chi connectivity index (χ3v) is 2.63. The maximum absolute atomic E-state index is 11.3. The second-order valence-electron chi connectivity index (χ2n) is 3.99. The first-order chi connectivity index (χ1) is 7.15. The van der Waals surface area contributed by atoms with Gasteiger partial charge in [-0.25, -0.2) is 4.79 Å². The van der Waals surface area contributed by atoms with E-state index in [1.165, 1.54) is 4.90 Å². The van der Waals surface area contributed by atoms with Crippen molar-refractivity contribution in [3.05, 3.63) is 0 Å². The SMILES string of the molecule is CN1CCOC(CN2CC(=O)NC2=O)C1. The van der Waals surface area contributed by atoms with Gasteiger partial charge in [-0.05, 0) is 7.05 Å². The minimum Gasteiger partial charge on any atom is -0.374 e. The number of carbonyl (C=O) groups excluding carboxylic acids is 2. The lowest BCUT2D eigenvalue weighted by Gasteiger charge is -2.31. The second-order valence-corrected chi connectivity index (χ2v) is 3.99. The molecule has 84 valence electrons. The molecule has 2 aliphatic rings. The fourth-order valence-corrected chi connectivity index (χ4v) is 1.85. The van der Waals surface area contributed by atoms with Crippen LogP contribution in [0.3, 0.4) is 0 Å². The van der Waals surface area contributed by atoms with Crippen molar-refractivity contribution in [2.45, 2.75) is 6.10 Å². The number of likely N-dealkylation sites (N-methyl/N-ethyl adjacent to an activating group) is 1. The highest BCUT2D eigenvalue weighted by Gasteiger charge is 2.30. The van der Waals surface area contributed by atoms with Gasteiger partial charge in [0, 0.05) is 13.1 Å². The third kappa shape index (κ3) is 2.45. The summed E-state index contributed by atoms with van der Waals surface area (Å²) in [5, 5.41) is 2.25. The molecule has 2 heterocycles. The smallest absolute Gasteiger partial charge is 0.324 e. The summed E-state index contributed by atoms with van der Waals surface area (Å²) in [5.74, 6) is -0.232. The summed E-state index contributed by atoms with van der Waals surface area (Å²) in [6, 6.07) is -0.308. The van der Waals surface area contributed by atoms with Crippen molar-refractivity contribution in [3.63, 3.8) is 0 Å². The monoisotopic (exact) mass is 213 g/mol. The van der Waals surface area contributed by atoms with Crippen LogP contribution in [0.25, 0.3) is 0 Å². The molecular formula is C9H15N3O3. The zero-order valence-electron chi connectivity index (χ0n) is 8.73. The molecule has 2 saturated heterocycles. The minimum atomic E-state index is -0.308. The highest BCUT2D eigenvalue weighted by molar-refractivity contribution is 6.01. The minimum absolute atomic E-state index is 0.0143. The molecule has 0 spiro atoms. The maximum atomic E-state index is 11.3. The van der Waals surface area contributed by atoms with Gasteiger partial charge in [0.1, 0.15) is 6.54 Å². The zero-order valence-corrected chi connectivity index (χ0v) is 8.73. The van der Waals surface area contributed by atoms with Crippen molar-refractivity contribution in [3.8, 4) is 0 Å². The Hall–Kier alpha value is -1.14. The van der Waals surface area contributed by atoms with Gasteiger partial charge in [-0.1, -0.05) is 0 Å². The average molecular weight is 213 g/mol. The Kier molecular flexibility index (Phi) is 2.88. The molecule has 2 rings (SSSR count). The second kappa shape index (κ2) is 4.16. The number of nitrogens with zero attached hydrogens (tertiary/aromatic N) is 2. The van der Waals surface area contributed by atoms with Crippen LogP contribution in [0.1, 0.15) is 0 Å². The van der Waals surface area contributed by atoms with Crippen LogP contribution in [0.2, 0.25) is 0 Å². The van der Waals surface area contributed by atoms with Crippen LogP contribution in [0, 0.1) is 0 Å². The molecule has 0 bridgehead atoms. The van der Waals surface area contributed by atoms with Crippen LogP contribution in [-0.4, -0.2) is 67.7 Å². The molecule has 6 nitrogen and oxygen atoms in total. The number of rotatable bonds is 2. The molecule has 0 aliphatic carbocycles. The van der Waals surface area contributed by atoms with Gasteiger partial charge in [0.25, 0.3) is 0 Å². The molecule has 2 fully saturated rings. The van der Waals surface area contributed by atoms with Crippen LogP contribution in [-0.2, 0) is 9.53 Å². The van der Waals surface area contributed by atoms with Crippen molar-refractivity contribution < 1.29 is 14.3 Å². The van der Waals surface area contributed by atoms with Crippen molar-refractivity contribution >= 4 is 11.9 Å². The Labute approximate surface area is 88.2 Å². The first kappa shape index (κ1) is 10.4. The number of morpholine rings is 1. The molecule has 0 radical (unpaired) electrons. The first-order valence-electron chi connectivity index (χ1n) is 5.04. The number of hydrogen-bond donors (Lipinski definition) is 1. The fourth-order valence-electron chi connectivity index (χ4n) is 1.85. The van der Waals surface area contributed by atoms with Gasteiger partial charge in [-0.2, -0.15) is 0 Å². The predicted octanol–water partition coefficient (Wildman–Crippen LogP) is -1.13. The summed E-state index contributed by atoms with van der Waals surface area (Å²) in [6.07, 6.45) is 0.0143. The highest BCUT2D eigenvalue weighted by atomic mass is 16.5. The van der Waals surface area contributed by atoms with Gasteiger partial charge in [0.15, 0.2) is 0 Å². The van der Waals surface area contributed by atoms with E-state index in [1.807, 2.05) is 7.05 Å². The molecule has 1 unspecified atom stereocenters. The number of nitrogens with one attached hydrogen (secondary N) is 1. The summed E-state index contributed by atoms with van der Waals surface area (Å²) in [6.45, 7) is 3.05. The summed E-state index contributed by atoms with van der Waals surface area (Å²) in [5.41, 5.74) is 0. The van der Waals surface area contributed by atoms with Gasteiger partial charge in [-0.15, -0.1) is 0 Å². The predicted molar refractivity (Wildman–Crippen MR) is 52.3 cm³/mol. The number of hydrogen-bond acceptors (Lipinski definition) is 4. The lowest BCUT2D eigenvalue weighted by molar-refractivity contribution is -0.118. The molecule has 1 atom stereocenters. The van der Waals surface area contributed by atoms with E-state index < -0.39 is 0 Å². The van der Waals surface area contributed by atoms with E-state index in [2.05, 4.69) is 10.2 Å². The van der Waals surface area contributed by atoms with Gasteiger partial charge in [-0.3, -0.25) is 10.1 Å². The van der Waals surface area contributed by atoms with Crippen molar-refractivity contribution in [2.24, 2.45) is 0 Å². The molecule has 1 N–H and O–H groups in total. The van der Waals surface area contributed by atoms with E-state index in [9.17, 15) is 9.59 Å². The molecule has 0 aromatic rings. The molecule has 15 heavy (non-hydrogen) atoms. The Morgan fingerprint density at radius 3 is 2.93 bits per heavy atom. The lowest BCUT2D eigenvalue weighted by atomic mass is 10.2. The topological polar surface area (TPSA) is 61.9 Å². The van der Waals surface area contributed by atoms with E-state index in [0.717, 1.165) is 13.1 Å². The molecule has 0 aromatic heterocycles. The van der Waals surface area contributed by atoms with E-state index in [1.54, 1.807) is 0 Å². The van der Waals surface area contributed by atoms with E-state index in [0.29, 0.717) is 13.2 Å². The summed E-state index contributed by atoms with van der Waals surface area (Å²) in [7, 11) is 2.02. The summed E-state index contributed by atoms with van der Waals surface area (Å²) < 4.78 is 5.52. The fraction of sp³-hybridized carbons (Fsp3) is 0.778. The number of ether oxygens (including phenoxy) is 1. The Bertz CT molecular complexity index is 282. The lowest BCUT2D eigenvalue weighted by Crippen LogP contribution is -2.46. The zero-order chi connectivity index (χ0) is 10.8. The molecule has 2 aliphatic heterocycles. The number of imide groups is 1. The van der Waals surface area contributed by atoms with Crippen molar-refractivity contribution in [1.82, 2.24) is 15.1 Å². The van der Waals surface area contributed by atoms with E-state index in [4.69, 9.17) is 4.74 Å². The summed E-state index contributed by atoms with van der Waals surface area (Å²) in [4.78, 5) is 25.9. The van der Waals surface area contributed by atoms with Crippen LogP contribution in [0.5, 0.6) is 0 Å². The molecular weight excluding hydrogens is 198 g/mol. The molecule has 6 heteroatoms. The van der Waals surface area contributed by atoms with Gasteiger partial charge in [0.2, 0.25) is 5.91 Å². The normalized spacial score (nSPS) is 28.3. The number of carbonyl (C=O) groups is 2. The number of urea groups is 1. The van der Waals surface area contributed by atoms with Crippen LogP contribution >= 0.6 is 0 Å². The van der Waals surface area contributed by atoms with Crippen molar-refractivity contribution in [2.75, 3.05) is 39.8 Å². The highest BCUT2D eigenvalue weighted by Crippen LogP contribution is 2.07. The molecule has 0 saturated carbocycles. The third-order valence-electron chi connectivity index (χ3n) is 2.63. The molecule has 0 aromatic carbocycles. The van der Waals surface area contributed by atoms with Crippen LogP contribution in [0.15, 0.2) is 0 Å². The standard InChI is InChI=1S/C9H15N3O3/c1-11-2-3-15-7(4-11)5-12-6-8(13)10-9(12)14/h7H,2-6H2,1H3,(H,10,13,14). The van der Waals surface area contributed by atoms with Crippen LogP contribution in [0.4, 0.5) is 4.79 Å². The van der Waals surface area contributed by atoms with Gasteiger partial charge < -0.3 is 14.5 Å². The molecule has 3 amide bonds. The Balaban J connectivity index is 1.86. The summed E-state index contributed by atoms with van der Waals surface area (Å²) >= 11 is 0. The first-order valence-corrected chi connectivity index (χ1v) is 5.04. The quantitative estimate of drug-likeness (QED) is 0.590.